The monoisotopic (exact) mass is 304 g/mol. The first kappa shape index (κ1) is 9.69. The van der Waals surface area contributed by atoms with Crippen LogP contribution in [0.3, 0.4) is 0 Å². The van der Waals surface area contributed by atoms with Crippen LogP contribution in [0.4, 0.5) is 0 Å². The van der Waals surface area contributed by atoms with Crippen LogP contribution in [0.2, 0.25) is 0 Å². The predicted molar refractivity (Wildman–Crippen MR) is 60.2 cm³/mol. The van der Waals surface area contributed by atoms with Gasteiger partial charge in [-0.2, -0.15) is 0 Å². The van der Waals surface area contributed by atoms with Crippen LogP contribution in [0.15, 0.2) is 30.3 Å². The molecule has 0 bridgehead atoms. The predicted octanol–water partition coefficient (Wildman–Crippen LogP) is 3.46. The van der Waals surface area contributed by atoms with Crippen LogP contribution in [0.1, 0.15) is 12.0 Å². The van der Waals surface area contributed by atoms with Gasteiger partial charge >= 0.3 is 0 Å². The molecule has 2 rings (SSSR count). The van der Waals surface area contributed by atoms with Gasteiger partial charge in [-0.15, -0.1) is 0 Å². The maximum absolute atomic E-state index is 5.66. The third kappa shape index (κ3) is 2.55. The Morgan fingerprint density at radius 1 is 1.31 bits per heavy atom. The van der Waals surface area contributed by atoms with E-state index in [2.05, 4.69) is 44.0 Å². The smallest absolute Gasteiger partial charge is 0.109 e. The summed E-state index contributed by atoms with van der Waals surface area (Å²) in [7, 11) is 0. The molecule has 0 amide bonds. The molecule has 0 N–H and O–H groups in total. The first-order valence-electron chi connectivity index (χ1n) is 4.22. The number of hydrogen-bond acceptors (Lipinski definition) is 1. The standard InChI is InChI=1S/C10H10Br2O/c11-10(12)6-9(10)13-7-8-4-2-1-3-5-8/h1-5,9H,6-7H2/t9-/m1/s1. The number of hydrogen-bond donors (Lipinski definition) is 0. The maximum atomic E-state index is 5.66. The summed E-state index contributed by atoms with van der Waals surface area (Å²) in [6.07, 6.45) is 1.35. The van der Waals surface area contributed by atoms with Gasteiger partial charge in [-0.05, 0) is 5.56 Å². The summed E-state index contributed by atoms with van der Waals surface area (Å²) in [4.78, 5) is 0. The zero-order chi connectivity index (χ0) is 9.31. The lowest BCUT2D eigenvalue weighted by molar-refractivity contribution is 0.106. The summed E-state index contributed by atoms with van der Waals surface area (Å²) in [5.41, 5.74) is 1.23. The third-order valence-electron chi connectivity index (χ3n) is 2.06. The second-order valence-corrected chi connectivity index (χ2v) is 7.14. The van der Waals surface area contributed by atoms with Crippen molar-refractivity contribution in [3.63, 3.8) is 0 Å². The minimum atomic E-state index is 0.0504. The molecule has 1 aliphatic carbocycles. The Labute approximate surface area is 94.7 Å². The van der Waals surface area contributed by atoms with Crippen LogP contribution in [-0.2, 0) is 11.3 Å². The Morgan fingerprint density at radius 3 is 2.46 bits per heavy atom. The molecule has 13 heavy (non-hydrogen) atoms. The molecule has 0 spiro atoms. The van der Waals surface area contributed by atoms with E-state index in [0.717, 1.165) is 6.42 Å². The van der Waals surface area contributed by atoms with E-state index in [1.165, 1.54) is 5.56 Å². The second-order valence-electron chi connectivity index (χ2n) is 3.25. The number of alkyl halides is 2. The average molecular weight is 306 g/mol. The normalized spacial score (nSPS) is 24.3. The Balaban J connectivity index is 1.82. The molecular formula is C10H10Br2O. The van der Waals surface area contributed by atoms with Gasteiger partial charge in [0.2, 0.25) is 0 Å². The molecule has 1 atom stereocenters. The van der Waals surface area contributed by atoms with Crippen LogP contribution in [-0.4, -0.2) is 9.34 Å². The number of benzene rings is 1. The van der Waals surface area contributed by atoms with Crippen LogP contribution in [0.5, 0.6) is 0 Å². The van der Waals surface area contributed by atoms with Crippen molar-refractivity contribution in [1.82, 2.24) is 0 Å². The van der Waals surface area contributed by atoms with Crippen LogP contribution in [0.25, 0.3) is 0 Å². The van der Waals surface area contributed by atoms with E-state index in [9.17, 15) is 0 Å². The van der Waals surface area contributed by atoms with Crippen LogP contribution in [0, 0.1) is 0 Å². The number of ether oxygens (including phenoxy) is 1. The summed E-state index contributed by atoms with van der Waals surface area (Å²) >= 11 is 7.04. The van der Waals surface area contributed by atoms with Crippen molar-refractivity contribution in [3.8, 4) is 0 Å². The van der Waals surface area contributed by atoms with Crippen molar-refractivity contribution < 1.29 is 4.74 Å². The van der Waals surface area contributed by atoms with E-state index in [0.29, 0.717) is 12.7 Å². The molecule has 1 aromatic rings. The third-order valence-corrected chi connectivity index (χ3v) is 3.73. The largest absolute Gasteiger partial charge is 0.371 e. The van der Waals surface area contributed by atoms with Crippen LogP contribution >= 0.6 is 31.9 Å². The van der Waals surface area contributed by atoms with Crippen molar-refractivity contribution in [2.45, 2.75) is 22.4 Å². The summed E-state index contributed by atoms with van der Waals surface area (Å²) in [6, 6.07) is 10.2. The molecule has 0 aliphatic heterocycles. The van der Waals surface area contributed by atoms with Gasteiger partial charge in [0, 0.05) is 6.42 Å². The van der Waals surface area contributed by atoms with E-state index in [1.807, 2.05) is 18.2 Å². The number of halogens is 2. The van der Waals surface area contributed by atoms with Gasteiger partial charge < -0.3 is 4.74 Å². The highest BCUT2D eigenvalue weighted by Crippen LogP contribution is 2.52. The Kier molecular flexibility index (Phi) is 2.77. The SMILES string of the molecule is BrC1(Br)C[C@H]1OCc1ccccc1. The fraction of sp³-hybridized carbons (Fsp3) is 0.400. The maximum Gasteiger partial charge on any atom is 0.109 e. The summed E-state index contributed by atoms with van der Waals surface area (Å²) < 4.78 is 5.71. The molecule has 0 heterocycles. The molecule has 0 radical (unpaired) electrons. The fourth-order valence-electron chi connectivity index (χ4n) is 1.14. The van der Waals surface area contributed by atoms with Crippen LogP contribution < -0.4 is 0 Å². The zero-order valence-electron chi connectivity index (χ0n) is 7.04. The molecule has 0 saturated heterocycles. The first-order valence-corrected chi connectivity index (χ1v) is 5.80. The van der Waals surface area contributed by atoms with Crippen molar-refractivity contribution >= 4 is 31.9 Å². The first-order chi connectivity index (χ1) is 6.18. The molecule has 1 saturated carbocycles. The van der Waals surface area contributed by atoms with Gasteiger partial charge in [0.15, 0.2) is 0 Å². The van der Waals surface area contributed by atoms with Crippen molar-refractivity contribution in [1.29, 1.82) is 0 Å². The van der Waals surface area contributed by atoms with Gasteiger partial charge in [0.25, 0.3) is 0 Å². The second kappa shape index (κ2) is 3.71. The minimum absolute atomic E-state index is 0.0504. The zero-order valence-corrected chi connectivity index (χ0v) is 10.2. The molecule has 1 aliphatic rings. The quantitative estimate of drug-likeness (QED) is 0.777. The highest BCUT2D eigenvalue weighted by molar-refractivity contribution is 9.25. The van der Waals surface area contributed by atoms with Gasteiger partial charge in [0.05, 0.1) is 12.7 Å². The summed E-state index contributed by atoms with van der Waals surface area (Å²) in [5.74, 6) is 0. The van der Waals surface area contributed by atoms with E-state index >= 15 is 0 Å². The molecule has 1 fully saturated rings. The van der Waals surface area contributed by atoms with E-state index in [4.69, 9.17) is 4.74 Å². The molecule has 70 valence electrons. The lowest BCUT2D eigenvalue weighted by atomic mass is 10.2. The number of rotatable bonds is 3. The van der Waals surface area contributed by atoms with Gasteiger partial charge in [0.1, 0.15) is 3.23 Å². The molecule has 3 heteroatoms. The van der Waals surface area contributed by atoms with Gasteiger partial charge in [-0.1, -0.05) is 62.2 Å². The van der Waals surface area contributed by atoms with Crippen molar-refractivity contribution in [2.75, 3.05) is 0 Å². The van der Waals surface area contributed by atoms with Crippen molar-refractivity contribution in [2.24, 2.45) is 0 Å². The molecular weight excluding hydrogens is 296 g/mol. The Morgan fingerprint density at radius 2 is 1.92 bits per heavy atom. The van der Waals surface area contributed by atoms with E-state index < -0.39 is 0 Å². The van der Waals surface area contributed by atoms with Gasteiger partial charge in [-0.25, -0.2) is 0 Å². The minimum Gasteiger partial charge on any atom is -0.371 e. The highest BCUT2D eigenvalue weighted by Gasteiger charge is 2.51. The molecule has 1 nitrogen and oxygen atoms in total. The lowest BCUT2D eigenvalue weighted by Gasteiger charge is -2.03. The van der Waals surface area contributed by atoms with Crippen molar-refractivity contribution in [3.05, 3.63) is 35.9 Å². The van der Waals surface area contributed by atoms with Gasteiger partial charge in [-0.3, -0.25) is 0 Å². The Bertz CT molecular complexity index is 284. The molecule has 0 unspecified atom stereocenters. The topological polar surface area (TPSA) is 9.23 Å². The highest BCUT2D eigenvalue weighted by atomic mass is 79.9. The van der Waals surface area contributed by atoms with E-state index in [-0.39, 0.29) is 3.23 Å². The molecule has 0 aromatic heterocycles. The van der Waals surface area contributed by atoms with E-state index in [1.54, 1.807) is 0 Å². The lowest BCUT2D eigenvalue weighted by Crippen LogP contribution is -2.01. The average Bonchev–Trinajstić information content (AvgIpc) is 2.73. The summed E-state index contributed by atoms with van der Waals surface area (Å²) in [6.45, 7) is 0.699. The molecule has 1 aromatic carbocycles. The fourth-order valence-corrected chi connectivity index (χ4v) is 1.99. The summed E-state index contributed by atoms with van der Waals surface area (Å²) in [5, 5.41) is 0. The Hall–Kier alpha value is 0.140.